The van der Waals surface area contributed by atoms with Crippen LogP contribution >= 0.6 is 11.6 Å². The number of carboxylic acids is 1. The number of halogens is 1. The molecule has 1 heterocycles. The van der Waals surface area contributed by atoms with Crippen LogP contribution in [0.15, 0.2) is 24.3 Å². The number of hydrogen-bond donors (Lipinski definition) is 2. The van der Waals surface area contributed by atoms with E-state index in [0.717, 1.165) is 10.9 Å². The summed E-state index contributed by atoms with van der Waals surface area (Å²) in [5.41, 5.74) is 1.33. The van der Waals surface area contributed by atoms with Crippen molar-refractivity contribution >= 4 is 34.4 Å². The average molecular weight is 309 g/mol. The van der Waals surface area contributed by atoms with Gasteiger partial charge in [-0.05, 0) is 18.9 Å². The first kappa shape index (κ1) is 15.4. The van der Waals surface area contributed by atoms with Crippen LogP contribution in [0, 0.1) is 0 Å². The topological polar surface area (TPSA) is 71.3 Å². The van der Waals surface area contributed by atoms with E-state index in [1.165, 1.54) is 0 Å². The first-order valence-electron chi connectivity index (χ1n) is 6.75. The van der Waals surface area contributed by atoms with Crippen LogP contribution in [-0.4, -0.2) is 28.1 Å². The molecule has 2 aromatic rings. The lowest BCUT2D eigenvalue weighted by molar-refractivity contribution is -0.137. The zero-order chi connectivity index (χ0) is 15.4. The van der Waals surface area contributed by atoms with Crippen molar-refractivity contribution in [2.75, 3.05) is 6.54 Å². The Morgan fingerprint density at radius 2 is 2.00 bits per heavy atom. The summed E-state index contributed by atoms with van der Waals surface area (Å²) in [6, 6.07) is 7.56. The first-order chi connectivity index (χ1) is 10.0. The predicted molar refractivity (Wildman–Crippen MR) is 81.7 cm³/mol. The van der Waals surface area contributed by atoms with Gasteiger partial charge in [0.15, 0.2) is 0 Å². The molecule has 2 N–H and O–H groups in total. The Morgan fingerprint density at radius 3 is 2.67 bits per heavy atom. The summed E-state index contributed by atoms with van der Waals surface area (Å²) < 4.78 is 1.77. The van der Waals surface area contributed by atoms with Crippen LogP contribution in [0.5, 0.6) is 0 Å². The molecule has 5 nitrogen and oxygen atoms in total. The van der Waals surface area contributed by atoms with E-state index in [1.54, 1.807) is 11.6 Å². The van der Waals surface area contributed by atoms with Crippen molar-refractivity contribution in [3.8, 4) is 0 Å². The van der Waals surface area contributed by atoms with Gasteiger partial charge in [-0.3, -0.25) is 9.59 Å². The summed E-state index contributed by atoms with van der Waals surface area (Å²) in [5, 5.41) is 12.6. The van der Waals surface area contributed by atoms with Crippen molar-refractivity contribution in [2.45, 2.75) is 19.3 Å². The number of hydrogen-bond acceptors (Lipinski definition) is 2. The third kappa shape index (κ3) is 3.36. The zero-order valence-electron chi connectivity index (χ0n) is 11.7. The third-order valence-electron chi connectivity index (χ3n) is 3.36. The van der Waals surface area contributed by atoms with Crippen LogP contribution < -0.4 is 5.32 Å². The van der Waals surface area contributed by atoms with Crippen LogP contribution in [-0.2, 0) is 11.8 Å². The lowest BCUT2D eigenvalue weighted by Crippen LogP contribution is -2.26. The van der Waals surface area contributed by atoms with Crippen molar-refractivity contribution in [3.05, 3.63) is 35.0 Å². The third-order valence-corrected chi connectivity index (χ3v) is 3.75. The number of para-hydroxylation sites is 1. The van der Waals surface area contributed by atoms with E-state index in [9.17, 15) is 9.59 Å². The minimum absolute atomic E-state index is 0.116. The summed E-state index contributed by atoms with van der Waals surface area (Å²) in [6.45, 7) is 0.434. The molecule has 1 amide bonds. The molecular weight excluding hydrogens is 292 g/mol. The Bertz CT molecular complexity index is 640. The maximum Gasteiger partial charge on any atom is 0.303 e. The van der Waals surface area contributed by atoms with Crippen LogP contribution in [0.2, 0.25) is 5.02 Å². The number of nitrogens with zero attached hydrogens (tertiary/aromatic N) is 1. The van der Waals surface area contributed by atoms with Crippen LogP contribution in [0.1, 0.15) is 29.8 Å². The Balaban J connectivity index is 2.04. The molecule has 0 fully saturated rings. The fraction of sp³-hybridized carbons (Fsp3) is 0.333. The molecule has 6 heteroatoms. The van der Waals surface area contributed by atoms with Gasteiger partial charge in [-0.15, -0.1) is 0 Å². The fourth-order valence-electron chi connectivity index (χ4n) is 2.29. The molecule has 0 saturated heterocycles. The normalized spacial score (nSPS) is 10.8. The van der Waals surface area contributed by atoms with Gasteiger partial charge in [0.2, 0.25) is 0 Å². The summed E-state index contributed by atoms with van der Waals surface area (Å²) in [5.74, 6) is -1.06. The lowest BCUT2D eigenvalue weighted by Gasteiger charge is -2.06. The number of aliphatic carboxylic acids is 1. The van der Waals surface area contributed by atoms with Gasteiger partial charge >= 0.3 is 5.97 Å². The van der Waals surface area contributed by atoms with E-state index < -0.39 is 5.97 Å². The predicted octanol–water partition coefficient (Wildman–Crippen LogP) is 2.82. The SMILES string of the molecule is Cn1c(C(=O)NCCCCC(=O)O)c(Cl)c2ccccc21. The highest BCUT2D eigenvalue weighted by atomic mass is 35.5. The molecule has 0 aliphatic heterocycles. The quantitative estimate of drug-likeness (QED) is 0.806. The number of aryl methyl sites for hydroxylation is 1. The number of aromatic nitrogens is 1. The Labute approximate surface area is 127 Å². The minimum atomic E-state index is -0.821. The summed E-state index contributed by atoms with van der Waals surface area (Å²) in [6.07, 6.45) is 1.28. The standard InChI is InChI=1S/C15H17ClN2O3/c1-18-11-7-3-2-6-10(11)13(16)14(18)15(21)17-9-5-4-8-12(19)20/h2-3,6-7H,4-5,8-9H2,1H3,(H,17,21)(H,19,20). The fourth-order valence-corrected chi connectivity index (χ4v) is 2.66. The maximum absolute atomic E-state index is 12.2. The summed E-state index contributed by atoms with van der Waals surface area (Å²) in [7, 11) is 1.80. The summed E-state index contributed by atoms with van der Waals surface area (Å²) >= 11 is 6.28. The van der Waals surface area contributed by atoms with Gasteiger partial charge in [-0.2, -0.15) is 0 Å². The number of amides is 1. The molecule has 0 radical (unpaired) electrons. The number of fused-ring (bicyclic) bond motifs is 1. The minimum Gasteiger partial charge on any atom is -0.481 e. The Morgan fingerprint density at radius 1 is 1.29 bits per heavy atom. The molecule has 2 rings (SSSR count). The van der Waals surface area contributed by atoms with Gasteiger partial charge in [0.05, 0.1) is 5.02 Å². The van der Waals surface area contributed by atoms with Gasteiger partial charge in [0, 0.05) is 30.9 Å². The Hall–Kier alpha value is -2.01. The number of carbonyl (C=O) groups excluding carboxylic acids is 1. The van der Waals surface area contributed by atoms with Crippen LogP contribution in [0.25, 0.3) is 10.9 Å². The highest BCUT2D eigenvalue weighted by molar-refractivity contribution is 6.38. The van der Waals surface area contributed by atoms with Gasteiger partial charge in [0.25, 0.3) is 5.91 Å². The summed E-state index contributed by atoms with van der Waals surface area (Å²) in [4.78, 5) is 22.6. The number of rotatable bonds is 6. The van der Waals surface area contributed by atoms with Crippen molar-refractivity contribution in [1.82, 2.24) is 9.88 Å². The van der Waals surface area contributed by atoms with Crippen molar-refractivity contribution < 1.29 is 14.7 Å². The molecule has 0 atom stereocenters. The maximum atomic E-state index is 12.2. The number of carbonyl (C=O) groups is 2. The van der Waals surface area contributed by atoms with Crippen molar-refractivity contribution in [3.63, 3.8) is 0 Å². The van der Waals surface area contributed by atoms with Gasteiger partial charge in [0.1, 0.15) is 5.69 Å². The molecule has 0 saturated carbocycles. The molecule has 0 aliphatic carbocycles. The van der Waals surface area contributed by atoms with Crippen LogP contribution in [0.3, 0.4) is 0 Å². The first-order valence-corrected chi connectivity index (χ1v) is 7.13. The van der Waals surface area contributed by atoms with Gasteiger partial charge in [-0.25, -0.2) is 0 Å². The van der Waals surface area contributed by atoms with E-state index in [-0.39, 0.29) is 12.3 Å². The molecule has 0 spiro atoms. The lowest BCUT2D eigenvalue weighted by atomic mass is 10.2. The second-order valence-electron chi connectivity index (χ2n) is 4.85. The number of unbranched alkanes of at least 4 members (excludes halogenated alkanes) is 1. The molecule has 0 aliphatic rings. The molecule has 112 valence electrons. The van der Waals surface area contributed by atoms with Crippen molar-refractivity contribution in [2.24, 2.45) is 7.05 Å². The highest BCUT2D eigenvalue weighted by Gasteiger charge is 2.19. The second kappa shape index (κ2) is 6.63. The monoisotopic (exact) mass is 308 g/mol. The van der Waals surface area contributed by atoms with Crippen LogP contribution in [0.4, 0.5) is 0 Å². The number of nitrogens with one attached hydrogen (secondary N) is 1. The molecule has 21 heavy (non-hydrogen) atoms. The smallest absolute Gasteiger partial charge is 0.303 e. The largest absolute Gasteiger partial charge is 0.481 e. The molecule has 1 aromatic heterocycles. The average Bonchev–Trinajstić information content (AvgIpc) is 2.71. The molecular formula is C15H17ClN2O3. The number of carboxylic acid groups (broad SMARTS) is 1. The molecule has 0 unspecified atom stereocenters. The van der Waals surface area contributed by atoms with E-state index in [0.29, 0.717) is 30.1 Å². The zero-order valence-corrected chi connectivity index (χ0v) is 12.5. The number of benzene rings is 1. The van der Waals surface area contributed by atoms with Gasteiger partial charge < -0.3 is 15.0 Å². The van der Waals surface area contributed by atoms with E-state index >= 15 is 0 Å². The van der Waals surface area contributed by atoms with E-state index in [4.69, 9.17) is 16.7 Å². The molecule has 0 bridgehead atoms. The van der Waals surface area contributed by atoms with E-state index in [2.05, 4.69) is 5.32 Å². The van der Waals surface area contributed by atoms with Gasteiger partial charge in [-0.1, -0.05) is 29.8 Å². The molecule has 1 aromatic carbocycles. The Kier molecular flexibility index (Phi) is 4.85. The second-order valence-corrected chi connectivity index (χ2v) is 5.22. The van der Waals surface area contributed by atoms with E-state index in [1.807, 2.05) is 24.3 Å². The highest BCUT2D eigenvalue weighted by Crippen LogP contribution is 2.29. The van der Waals surface area contributed by atoms with Crippen molar-refractivity contribution in [1.29, 1.82) is 0 Å².